The number of aromatic nitrogens is 1. The Labute approximate surface area is 115 Å². The highest BCUT2D eigenvalue weighted by atomic mass is 35.5. The van der Waals surface area contributed by atoms with Gasteiger partial charge >= 0.3 is 5.97 Å². The summed E-state index contributed by atoms with van der Waals surface area (Å²) in [5.74, 6) is -0.653. The molecular formula is C14H13ClN2O2. The first-order valence-electron chi connectivity index (χ1n) is 6.19. The first-order chi connectivity index (χ1) is 9.15. The van der Waals surface area contributed by atoms with Crippen LogP contribution in [0.5, 0.6) is 0 Å². The van der Waals surface area contributed by atoms with Crippen LogP contribution in [0.2, 0.25) is 5.02 Å². The van der Waals surface area contributed by atoms with Gasteiger partial charge in [0.15, 0.2) is 0 Å². The predicted molar refractivity (Wildman–Crippen MR) is 73.9 cm³/mol. The minimum Gasteiger partial charge on any atom is -0.478 e. The maximum Gasteiger partial charge on any atom is 0.336 e. The second kappa shape index (κ2) is 4.79. The number of hydrogen-bond acceptors (Lipinski definition) is 3. The third kappa shape index (κ3) is 2.29. The van der Waals surface area contributed by atoms with Crippen LogP contribution in [0, 0.1) is 0 Å². The molecule has 1 saturated heterocycles. The smallest absolute Gasteiger partial charge is 0.336 e. The molecule has 0 saturated carbocycles. The first kappa shape index (κ1) is 12.4. The zero-order chi connectivity index (χ0) is 13.4. The Bertz CT molecular complexity index is 651. The number of carbonyl (C=O) groups is 1. The summed E-state index contributed by atoms with van der Waals surface area (Å²) in [6.07, 6.45) is 0.991. The summed E-state index contributed by atoms with van der Waals surface area (Å²) >= 11 is 5.93. The van der Waals surface area contributed by atoms with Crippen molar-refractivity contribution >= 4 is 28.5 Å². The highest BCUT2D eigenvalue weighted by molar-refractivity contribution is 6.31. The van der Waals surface area contributed by atoms with E-state index in [9.17, 15) is 9.90 Å². The molecule has 1 unspecified atom stereocenters. The molecule has 1 fully saturated rings. The number of carboxylic acid groups (broad SMARTS) is 1. The predicted octanol–water partition coefficient (Wildman–Crippen LogP) is 2.66. The second-order valence-corrected chi connectivity index (χ2v) is 5.19. The number of carboxylic acids is 1. The zero-order valence-electron chi connectivity index (χ0n) is 10.2. The lowest BCUT2D eigenvalue weighted by Crippen LogP contribution is -2.10. The van der Waals surface area contributed by atoms with E-state index in [1.165, 1.54) is 0 Å². The molecule has 19 heavy (non-hydrogen) atoms. The Hall–Kier alpha value is -1.65. The van der Waals surface area contributed by atoms with E-state index in [-0.39, 0.29) is 11.5 Å². The van der Waals surface area contributed by atoms with Gasteiger partial charge in [-0.05, 0) is 37.2 Å². The topological polar surface area (TPSA) is 62.2 Å². The molecule has 1 aliphatic rings. The third-order valence-electron chi connectivity index (χ3n) is 3.50. The monoisotopic (exact) mass is 276 g/mol. The van der Waals surface area contributed by atoms with Crippen LogP contribution in [0.25, 0.3) is 10.9 Å². The molecule has 0 amide bonds. The molecule has 1 aliphatic heterocycles. The van der Waals surface area contributed by atoms with Gasteiger partial charge in [-0.15, -0.1) is 0 Å². The van der Waals surface area contributed by atoms with Gasteiger partial charge in [-0.2, -0.15) is 0 Å². The van der Waals surface area contributed by atoms with Crippen molar-refractivity contribution in [3.05, 3.63) is 40.5 Å². The van der Waals surface area contributed by atoms with Crippen molar-refractivity contribution in [2.75, 3.05) is 13.1 Å². The third-order valence-corrected chi connectivity index (χ3v) is 3.73. The highest BCUT2D eigenvalue weighted by Crippen LogP contribution is 2.27. The maximum atomic E-state index is 11.4. The molecule has 1 aromatic carbocycles. The highest BCUT2D eigenvalue weighted by Gasteiger charge is 2.21. The van der Waals surface area contributed by atoms with Gasteiger partial charge in [-0.3, -0.25) is 4.98 Å². The van der Waals surface area contributed by atoms with Crippen molar-refractivity contribution in [2.24, 2.45) is 0 Å². The van der Waals surface area contributed by atoms with Crippen molar-refractivity contribution in [1.29, 1.82) is 0 Å². The van der Waals surface area contributed by atoms with E-state index in [2.05, 4.69) is 10.3 Å². The first-order valence-corrected chi connectivity index (χ1v) is 6.57. The summed E-state index contributed by atoms with van der Waals surface area (Å²) in [5.41, 5.74) is 1.80. The molecule has 2 aromatic rings. The van der Waals surface area contributed by atoms with Crippen LogP contribution in [-0.4, -0.2) is 29.1 Å². The minimum absolute atomic E-state index is 0.273. The molecule has 0 spiro atoms. The number of fused-ring (bicyclic) bond motifs is 1. The Morgan fingerprint density at radius 1 is 1.42 bits per heavy atom. The van der Waals surface area contributed by atoms with Gasteiger partial charge in [0, 0.05) is 28.6 Å². The van der Waals surface area contributed by atoms with Crippen molar-refractivity contribution < 1.29 is 9.90 Å². The Kier molecular flexibility index (Phi) is 3.12. The van der Waals surface area contributed by atoms with Crippen molar-refractivity contribution in [2.45, 2.75) is 12.3 Å². The van der Waals surface area contributed by atoms with Crippen LogP contribution in [0.4, 0.5) is 0 Å². The van der Waals surface area contributed by atoms with E-state index in [1.54, 1.807) is 24.3 Å². The van der Waals surface area contributed by atoms with Crippen LogP contribution in [0.15, 0.2) is 24.3 Å². The van der Waals surface area contributed by atoms with Crippen molar-refractivity contribution in [1.82, 2.24) is 10.3 Å². The van der Waals surface area contributed by atoms with Crippen LogP contribution >= 0.6 is 11.6 Å². The molecule has 4 nitrogen and oxygen atoms in total. The van der Waals surface area contributed by atoms with Gasteiger partial charge in [0.1, 0.15) is 0 Å². The van der Waals surface area contributed by atoms with E-state index >= 15 is 0 Å². The number of aromatic carboxylic acids is 1. The van der Waals surface area contributed by atoms with Gasteiger partial charge in [0.05, 0.1) is 11.1 Å². The SMILES string of the molecule is O=C(O)c1cc(C2CCNC2)nc2ccc(Cl)cc12. The summed E-state index contributed by atoms with van der Waals surface area (Å²) in [6, 6.07) is 6.85. The van der Waals surface area contributed by atoms with E-state index < -0.39 is 5.97 Å². The Morgan fingerprint density at radius 3 is 2.95 bits per heavy atom. The van der Waals surface area contributed by atoms with E-state index in [1.807, 2.05) is 0 Å². The lowest BCUT2D eigenvalue weighted by molar-refractivity contribution is 0.0699. The second-order valence-electron chi connectivity index (χ2n) is 4.75. The number of rotatable bonds is 2. The molecule has 0 aliphatic carbocycles. The van der Waals surface area contributed by atoms with Crippen LogP contribution in [0.3, 0.4) is 0 Å². The number of benzene rings is 1. The summed E-state index contributed by atoms with van der Waals surface area (Å²) in [4.78, 5) is 16.0. The zero-order valence-corrected chi connectivity index (χ0v) is 10.9. The fourth-order valence-electron chi connectivity index (χ4n) is 2.51. The van der Waals surface area contributed by atoms with Gasteiger partial charge in [0.2, 0.25) is 0 Å². The molecule has 2 N–H and O–H groups in total. The lowest BCUT2D eigenvalue weighted by atomic mass is 9.99. The summed E-state index contributed by atoms with van der Waals surface area (Å²) < 4.78 is 0. The number of pyridine rings is 1. The number of hydrogen-bond donors (Lipinski definition) is 2. The lowest BCUT2D eigenvalue weighted by Gasteiger charge is -2.11. The molecule has 98 valence electrons. The van der Waals surface area contributed by atoms with Gasteiger partial charge in [0.25, 0.3) is 0 Å². The minimum atomic E-state index is -0.943. The van der Waals surface area contributed by atoms with Crippen molar-refractivity contribution in [3.63, 3.8) is 0 Å². The molecule has 1 aromatic heterocycles. The standard InChI is InChI=1S/C14H13ClN2O2/c15-9-1-2-12-10(5-9)11(14(18)19)6-13(17-12)8-3-4-16-7-8/h1-2,5-6,8,16H,3-4,7H2,(H,18,19). The molecule has 1 atom stereocenters. The molecule has 3 rings (SSSR count). The molecule has 0 bridgehead atoms. The Morgan fingerprint density at radius 2 is 2.26 bits per heavy atom. The average molecular weight is 277 g/mol. The van der Waals surface area contributed by atoms with E-state index in [0.717, 1.165) is 25.2 Å². The van der Waals surface area contributed by atoms with Crippen LogP contribution in [-0.2, 0) is 0 Å². The largest absolute Gasteiger partial charge is 0.478 e. The molecular weight excluding hydrogens is 264 g/mol. The quantitative estimate of drug-likeness (QED) is 0.885. The number of nitrogens with zero attached hydrogens (tertiary/aromatic N) is 1. The number of nitrogens with one attached hydrogen (secondary N) is 1. The molecule has 0 radical (unpaired) electrons. The van der Waals surface area contributed by atoms with Crippen LogP contribution in [0.1, 0.15) is 28.4 Å². The fraction of sp³-hybridized carbons (Fsp3) is 0.286. The van der Waals surface area contributed by atoms with Gasteiger partial charge in [-0.25, -0.2) is 4.79 Å². The molecule has 5 heteroatoms. The number of halogens is 1. The summed E-state index contributed by atoms with van der Waals surface area (Å²) in [6.45, 7) is 1.80. The summed E-state index contributed by atoms with van der Waals surface area (Å²) in [7, 11) is 0. The van der Waals surface area contributed by atoms with E-state index in [0.29, 0.717) is 15.9 Å². The summed E-state index contributed by atoms with van der Waals surface area (Å²) in [5, 5.41) is 13.7. The maximum absolute atomic E-state index is 11.4. The van der Waals surface area contributed by atoms with Gasteiger partial charge < -0.3 is 10.4 Å². The van der Waals surface area contributed by atoms with Crippen LogP contribution < -0.4 is 5.32 Å². The van der Waals surface area contributed by atoms with Gasteiger partial charge in [-0.1, -0.05) is 11.6 Å². The fourth-order valence-corrected chi connectivity index (χ4v) is 2.68. The average Bonchev–Trinajstić information content (AvgIpc) is 2.91. The molecule has 2 heterocycles. The normalized spacial score (nSPS) is 18.9. The van der Waals surface area contributed by atoms with E-state index in [4.69, 9.17) is 11.6 Å². The Balaban J connectivity index is 2.21. The van der Waals surface area contributed by atoms with Crippen molar-refractivity contribution in [3.8, 4) is 0 Å².